The number of benzene rings is 2. The Balaban J connectivity index is 2.09. The van der Waals surface area contributed by atoms with E-state index in [-0.39, 0.29) is 10.7 Å². The number of hydrogen-bond donors (Lipinski definition) is 0. The molecule has 0 heterocycles. The minimum Gasteiger partial charge on any atom is -0.258 e. The Labute approximate surface area is 124 Å². The maximum absolute atomic E-state index is 10.8. The van der Waals surface area contributed by atoms with Gasteiger partial charge in [-0.05, 0) is 35.9 Å². The third-order valence-corrected chi connectivity index (χ3v) is 4.08. The predicted octanol–water partition coefficient (Wildman–Crippen LogP) is 5.19. The minimum atomic E-state index is -0.473. The highest BCUT2D eigenvalue weighted by Crippen LogP contribution is 2.29. The van der Waals surface area contributed by atoms with Crippen molar-refractivity contribution in [1.82, 2.24) is 0 Å². The highest BCUT2D eigenvalue weighted by atomic mass is 35.5. The van der Waals surface area contributed by atoms with Crippen LogP contribution in [0.3, 0.4) is 0 Å². The van der Waals surface area contributed by atoms with Crippen molar-refractivity contribution >= 4 is 40.7 Å². The molecule has 0 aliphatic carbocycles. The number of thioether (sulfide) groups is 1. The summed E-state index contributed by atoms with van der Waals surface area (Å²) >= 11 is 13.1. The fourth-order valence-electron chi connectivity index (χ4n) is 1.49. The monoisotopic (exact) mass is 313 g/mol. The van der Waals surface area contributed by atoms with Crippen LogP contribution in [0, 0.1) is 10.1 Å². The van der Waals surface area contributed by atoms with Crippen molar-refractivity contribution in [3.05, 3.63) is 68.2 Å². The number of hydrogen-bond acceptors (Lipinski definition) is 3. The first kappa shape index (κ1) is 14.2. The van der Waals surface area contributed by atoms with Gasteiger partial charge in [0.05, 0.1) is 4.92 Å². The summed E-state index contributed by atoms with van der Waals surface area (Å²) < 4.78 is 0. The van der Waals surface area contributed by atoms with Crippen molar-refractivity contribution in [3.63, 3.8) is 0 Å². The van der Waals surface area contributed by atoms with E-state index in [1.54, 1.807) is 23.9 Å². The van der Waals surface area contributed by atoms with Crippen molar-refractivity contribution < 1.29 is 4.92 Å². The van der Waals surface area contributed by atoms with Gasteiger partial charge in [-0.1, -0.05) is 29.3 Å². The molecular formula is C13H9Cl2NO2S. The van der Waals surface area contributed by atoms with Gasteiger partial charge in [0.25, 0.3) is 5.69 Å². The quantitative estimate of drug-likeness (QED) is 0.443. The molecule has 3 nitrogen and oxygen atoms in total. The van der Waals surface area contributed by atoms with E-state index in [1.807, 2.05) is 24.3 Å². The van der Waals surface area contributed by atoms with E-state index in [1.165, 1.54) is 6.07 Å². The van der Waals surface area contributed by atoms with Gasteiger partial charge in [-0.3, -0.25) is 10.1 Å². The molecule has 0 saturated heterocycles. The van der Waals surface area contributed by atoms with Gasteiger partial charge in [0.2, 0.25) is 0 Å². The summed E-state index contributed by atoms with van der Waals surface area (Å²) in [6.45, 7) is 0. The summed E-state index contributed by atoms with van der Waals surface area (Å²) in [5.41, 5.74) is 0.798. The Morgan fingerprint density at radius 3 is 2.42 bits per heavy atom. The van der Waals surface area contributed by atoms with Crippen LogP contribution < -0.4 is 0 Å². The van der Waals surface area contributed by atoms with Crippen molar-refractivity contribution in [3.8, 4) is 0 Å². The number of halogens is 2. The summed E-state index contributed by atoms with van der Waals surface area (Å²) in [5, 5.41) is 11.6. The van der Waals surface area contributed by atoms with Crippen molar-refractivity contribution in [2.45, 2.75) is 10.6 Å². The highest BCUT2D eigenvalue weighted by Gasteiger charge is 2.12. The topological polar surface area (TPSA) is 43.1 Å². The lowest BCUT2D eigenvalue weighted by atomic mass is 10.2. The lowest BCUT2D eigenvalue weighted by molar-refractivity contribution is -0.384. The van der Waals surface area contributed by atoms with E-state index in [0.717, 1.165) is 10.5 Å². The van der Waals surface area contributed by atoms with Crippen LogP contribution in [0.25, 0.3) is 0 Å². The molecule has 2 aromatic rings. The van der Waals surface area contributed by atoms with Crippen LogP contribution in [0.1, 0.15) is 5.56 Å². The van der Waals surface area contributed by atoms with E-state index in [4.69, 9.17) is 23.2 Å². The third kappa shape index (κ3) is 3.86. The molecule has 0 fully saturated rings. The summed E-state index contributed by atoms with van der Waals surface area (Å²) in [5.74, 6) is 0.639. The zero-order chi connectivity index (χ0) is 13.8. The number of rotatable bonds is 4. The molecule has 98 valence electrons. The van der Waals surface area contributed by atoms with E-state index in [0.29, 0.717) is 10.8 Å². The van der Waals surface area contributed by atoms with Crippen LogP contribution in [-0.2, 0) is 5.75 Å². The fraction of sp³-hybridized carbons (Fsp3) is 0.0769. The van der Waals surface area contributed by atoms with Gasteiger partial charge < -0.3 is 0 Å². The van der Waals surface area contributed by atoms with Crippen molar-refractivity contribution in [2.24, 2.45) is 0 Å². The number of nitro benzene ring substituents is 1. The molecule has 2 aromatic carbocycles. The van der Waals surface area contributed by atoms with Crippen LogP contribution >= 0.6 is 35.0 Å². The summed E-state index contributed by atoms with van der Waals surface area (Å²) in [6.07, 6.45) is 0. The molecule has 0 N–H and O–H groups in total. The van der Waals surface area contributed by atoms with Crippen LogP contribution in [0.5, 0.6) is 0 Å². The minimum absolute atomic E-state index is 0.0594. The molecule has 0 saturated carbocycles. The maximum Gasteiger partial charge on any atom is 0.288 e. The van der Waals surface area contributed by atoms with E-state index in [2.05, 4.69) is 0 Å². The Bertz CT molecular complexity index is 602. The Morgan fingerprint density at radius 2 is 1.79 bits per heavy atom. The molecule has 0 aliphatic heterocycles. The van der Waals surface area contributed by atoms with Gasteiger partial charge in [-0.25, -0.2) is 0 Å². The largest absolute Gasteiger partial charge is 0.288 e. The van der Waals surface area contributed by atoms with Crippen LogP contribution in [0.4, 0.5) is 5.69 Å². The van der Waals surface area contributed by atoms with Crippen molar-refractivity contribution in [2.75, 3.05) is 0 Å². The number of nitrogens with zero attached hydrogens (tertiary/aromatic N) is 1. The molecule has 0 unspecified atom stereocenters. The van der Waals surface area contributed by atoms with Gasteiger partial charge in [-0.15, -0.1) is 11.8 Å². The molecule has 0 bridgehead atoms. The standard InChI is InChI=1S/C13H9Cl2NO2S/c14-10-2-4-11(5-3-10)19-8-9-1-6-12(15)13(7-9)16(17)18/h1-7H,8H2. The summed E-state index contributed by atoms with van der Waals surface area (Å²) in [7, 11) is 0. The average Bonchev–Trinajstić information content (AvgIpc) is 2.39. The lowest BCUT2D eigenvalue weighted by Gasteiger charge is -2.03. The first-order valence-electron chi connectivity index (χ1n) is 5.37. The summed E-state index contributed by atoms with van der Waals surface area (Å²) in [6, 6.07) is 12.3. The SMILES string of the molecule is O=[N+]([O-])c1cc(CSc2ccc(Cl)cc2)ccc1Cl. The van der Waals surface area contributed by atoms with E-state index < -0.39 is 4.92 Å². The Morgan fingerprint density at radius 1 is 1.11 bits per heavy atom. The first-order valence-corrected chi connectivity index (χ1v) is 7.11. The zero-order valence-electron chi connectivity index (χ0n) is 9.68. The maximum atomic E-state index is 10.8. The van der Waals surface area contributed by atoms with Gasteiger partial charge in [0, 0.05) is 21.7 Å². The second-order valence-corrected chi connectivity index (χ2v) is 5.68. The zero-order valence-corrected chi connectivity index (χ0v) is 12.0. The van der Waals surface area contributed by atoms with Crippen LogP contribution in [-0.4, -0.2) is 4.92 Å². The fourth-order valence-corrected chi connectivity index (χ4v) is 2.64. The molecule has 2 rings (SSSR count). The van der Waals surface area contributed by atoms with Crippen molar-refractivity contribution in [1.29, 1.82) is 0 Å². The smallest absolute Gasteiger partial charge is 0.258 e. The van der Waals surface area contributed by atoms with Crippen LogP contribution in [0.2, 0.25) is 10.0 Å². The molecule has 19 heavy (non-hydrogen) atoms. The van der Waals surface area contributed by atoms with Crippen LogP contribution in [0.15, 0.2) is 47.4 Å². The third-order valence-electron chi connectivity index (χ3n) is 2.43. The van der Waals surface area contributed by atoms with Gasteiger partial charge in [0.15, 0.2) is 0 Å². The molecule has 0 amide bonds. The molecule has 0 spiro atoms. The van der Waals surface area contributed by atoms with Gasteiger partial charge in [-0.2, -0.15) is 0 Å². The molecule has 0 radical (unpaired) electrons. The molecular weight excluding hydrogens is 305 g/mol. The lowest BCUT2D eigenvalue weighted by Crippen LogP contribution is -1.91. The summed E-state index contributed by atoms with van der Waals surface area (Å²) in [4.78, 5) is 11.4. The Kier molecular flexibility index (Phi) is 4.69. The number of nitro groups is 1. The molecule has 0 aromatic heterocycles. The normalized spacial score (nSPS) is 10.4. The second-order valence-electron chi connectivity index (χ2n) is 3.79. The first-order chi connectivity index (χ1) is 9.06. The molecule has 0 atom stereocenters. The molecule has 6 heteroatoms. The van der Waals surface area contributed by atoms with Gasteiger partial charge in [0.1, 0.15) is 5.02 Å². The second kappa shape index (κ2) is 6.28. The van der Waals surface area contributed by atoms with E-state index >= 15 is 0 Å². The highest BCUT2D eigenvalue weighted by molar-refractivity contribution is 7.98. The predicted molar refractivity (Wildman–Crippen MR) is 79.1 cm³/mol. The molecule has 0 aliphatic rings. The average molecular weight is 314 g/mol. The Hall–Kier alpha value is -1.23. The van der Waals surface area contributed by atoms with Gasteiger partial charge >= 0.3 is 0 Å². The van der Waals surface area contributed by atoms with E-state index in [9.17, 15) is 10.1 Å².